The lowest BCUT2D eigenvalue weighted by Crippen LogP contribution is -2.49. The third kappa shape index (κ3) is 3.95. The van der Waals surface area contributed by atoms with Crippen LogP contribution in [0.2, 0.25) is 0 Å². The summed E-state index contributed by atoms with van der Waals surface area (Å²) in [4.78, 5) is 33.5. The second-order valence-electron chi connectivity index (χ2n) is 7.78. The minimum absolute atomic E-state index is 0.0296. The van der Waals surface area contributed by atoms with Crippen LogP contribution in [0, 0.1) is 0 Å². The highest BCUT2D eigenvalue weighted by molar-refractivity contribution is 5.97. The number of pyridine rings is 1. The topological polar surface area (TPSA) is 74.9 Å². The number of aromatic nitrogens is 1. The zero-order valence-corrected chi connectivity index (χ0v) is 18.1. The van der Waals surface area contributed by atoms with Crippen LogP contribution in [-0.4, -0.2) is 56.2 Å². The average molecular weight is 421 g/mol. The molecule has 2 heterocycles. The van der Waals surface area contributed by atoms with Gasteiger partial charge in [0.05, 0.1) is 25.1 Å². The van der Waals surface area contributed by atoms with Crippen molar-refractivity contribution in [2.24, 2.45) is 0 Å². The molecule has 1 aromatic heterocycles. The number of methoxy groups -OCH3 is 2. The fraction of sp³-hybridized carbons (Fsp3) is 0.333. The Morgan fingerprint density at radius 2 is 1.84 bits per heavy atom. The van der Waals surface area contributed by atoms with Gasteiger partial charge in [-0.25, -0.2) is 0 Å². The Morgan fingerprint density at radius 3 is 2.55 bits per heavy atom. The first-order chi connectivity index (χ1) is 15.0. The van der Waals surface area contributed by atoms with Crippen LogP contribution in [0.25, 0.3) is 10.9 Å². The van der Waals surface area contributed by atoms with E-state index in [0.717, 1.165) is 31.6 Å². The van der Waals surface area contributed by atoms with Gasteiger partial charge in [0.15, 0.2) is 11.5 Å². The number of hydrogen-bond donors (Lipinski definition) is 1. The van der Waals surface area contributed by atoms with Gasteiger partial charge in [0.1, 0.15) is 5.56 Å². The highest BCUT2D eigenvalue weighted by Crippen LogP contribution is 2.30. The first kappa shape index (κ1) is 20.8. The number of hydrogen-bond acceptors (Lipinski definition) is 5. The van der Waals surface area contributed by atoms with E-state index in [1.54, 1.807) is 24.1 Å². The fourth-order valence-electron chi connectivity index (χ4n) is 4.21. The predicted molar refractivity (Wildman–Crippen MR) is 121 cm³/mol. The Bertz CT molecular complexity index is 1140. The number of carbonyl (C=O) groups is 1. The van der Waals surface area contributed by atoms with Gasteiger partial charge in [0.2, 0.25) is 5.43 Å². The fourth-order valence-corrected chi connectivity index (χ4v) is 4.21. The zero-order valence-electron chi connectivity index (χ0n) is 18.1. The third-order valence-corrected chi connectivity index (χ3v) is 6.00. The van der Waals surface area contributed by atoms with Crippen molar-refractivity contribution in [2.75, 3.05) is 39.3 Å². The van der Waals surface area contributed by atoms with Gasteiger partial charge in [-0.3, -0.25) is 9.59 Å². The molecule has 162 valence electrons. The number of piperidine rings is 1. The van der Waals surface area contributed by atoms with Gasteiger partial charge in [0, 0.05) is 44.1 Å². The van der Waals surface area contributed by atoms with E-state index in [0.29, 0.717) is 22.4 Å². The Balaban J connectivity index is 1.61. The van der Waals surface area contributed by atoms with Gasteiger partial charge in [-0.2, -0.15) is 0 Å². The lowest BCUT2D eigenvalue weighted by molar-refractivity contribution is 0.0716. The van der Waals surface area contributed by atoms with Gasteiger partial charge < -0.3 is 24.3 Å². The molecule has 0 aliphatic carbocycles. The van der Waals surface area contributed by atoms with Gasteiger partial charge in [-0.15, -0.1) is 0 Å². The monoisotopic (exact) mass is 421 g/mol. The van der Waals surface area contributed by atoms with Gasteiger partial charge in [-0.05, 0) is 31.0 Å². The van der Waals surface area contributed by atoms with Crippen LogP contribution in [0.3, 0.4) is 0 Å². The molecule has 0 spiro atoms. The number of ether oxygens (including phenoxy) is 2. The second-order valence-corrected chi connectivity index (χ2v) is 7.78. The van der Waals surface area contributed by atoms with E-state index in [-0.39, 0.29) is 22.9 Å². The van der Waals surface area contributed by atoms with Crippen LogP contribution < -0.4 is 19.8 Å². The Labute approximate surface area is 181 Å². The number of aromatic amines is 1. The largest absolute Gasteiger partial charge is 0.493 e. The zero-order chi connectivity index (χ0) is 22.0. The molecular weight excluding hydrogens is 394 g/mol. The highest BCUT2D eigenvalue weighted by atomic mass is 16.5. The molecule has 0 unspecified atom stereocenters. The van der Waals surface area contributed by atoms with Crippen molar-refractivity contribution in [1.29, 1.82) is 0 Å². The molecule has 7 nitrogen and oxygen atoms in total. The molecule has 2 aromatic carbocycles. The average Bonchev–Trinajstić information content (AvgIpc) is 2.83. The smallest absolute Gasteiger partial charge is 0.259 e. The third-order valence-electron chi connectivity index (χ3n) is 6.00. The van der Waals surface area contributed by atoms with Crippen LogP contribution in [0.5, 0.6) is 11.5 Å². The quantitative estimate of drug-likeness (QED) is 0.684. The molecule has 0 saturated carbocycles. The molecular formula is C24H27N3O4. The molecule has 1 aliphatic heterocycles. The molecule has 31 heavy (non-hydrogen) atoms. The molecule has 7 heteroatoms. The summed E-state index contributed by atoms with van der Waals surface area (Å²) in [5.41, 5.74) is 1.55. The molecule has 1 atom stereocenters. The molecule has 1 fully saturated rings. The first-order valence-electron chi connectivity index (χ1n) is 10.4. The lowest BCUT2D eigenvalue weighted by Gasteiger charge is -2.38. The second kappa shape index (κ2) is 8.71. The summed E-state index contributed by atoms with van der Waals surface area (Å²) in [5.74, 6) is 0.687. The summed E-state index contributed by atoms with van der Waals surface area (Å²) >= 11 is 0. The van der Waals surface area contributed by atoms with Crippen LogP contribution in [-0.2, 0) is 0 Å². The predicted octanol–water partition coefficient (Wildman–Crippen LogP) is 3.29. The molecule has 0 radical (unpaired) electrons. The number of fused-ring (bicyclic) bond motifs is 1. The van der Waals surface area contributed by atoms with E-state index >= 15 is 0 Å². The number of nitrogens with zero attached hydrogens (tertiary/aromatic N) is 2. The summed E-state index contributed by atoms with van der Waals surface area (Å²) in [6.45, 7) is 1.70. The van der Waals surface area contributed by atoms with Crippen molar-refractivity contribution < 1.29 is 14.3 Å². The van der Waals surface area contributed by atoms with Gasteiger partial charge >= 0.3 is 0 Å². The molecule has 1 N–H and O–H groups in total. The number of amides is 1. The number of likely N-dealkylation sites (N-methyl/N-ethyl adjacent to an activating group) is 1. The number of benzene rings is 2. The number of para-hydroxylation sites is 1. The Kier molecular flexibility index (Phi) is 5.84. The summed E-state index contributed by atoms with van der Waals surface area (Å²) in [5, 5.41) is 0.395. The number of rotatable bonds is 5. The van der Waals surface area contributed by atoms with Crippen molar-refractivity contribution in [3.05, 3.63) is 64.4 Å². The summed E-state index contributed by atoms with van der Waals surface area (Å²) in [7, 11) is 4.83. The van der Waals surface area contributed by atoms with Gasteiger partial charge in [0.25, 0.3) is 5.91 Å². The van der Waals surface area contributed by atoms with Crippen LogP contribution in [0.15, 0.2) is 53.5 Å². The molecule has 1 saturated heterocycles. The highest BCUT2D eigenvalue weighted by Gasteiger charge is 2.28. The molecule has 4 rings (SSSR count). The van der Waals surface area contributed by atoms with E-state index < -0.39 is 0 Å². The first-order valence-corrected chi connectivity index (χ1v) is 10.4. The normalized spacial score (nSPS) is 16.2. The summed E-state index contributed by atoms with van der Waals surface area (Å²) in [6, 6.07) is 13.5. The molecule has 1 amide bonds. The van der Waals surface area contributed by atoms with E-state index in [1.807, 2.05) is 18.2 Å². The maximum Gasteiger partial charge on any atom is 0.259 e. The summed E-state index contributed by atoms with van der Waals surface area (Å²) in [6.07, 6.45) is 3.39. The number of nitrogens with one attached hydrogen (secondary N) is 1. The van der Waals surface area contributed by atoms with Gasteiger partial charge in [-0.1, -0.05) is 18.2 Å². The van der Waals surface area contributed by atoms with E-state index in [9.17, 15) is 9.59 Å². The van der Waals surface area contributed by atoms with Crippen molar-refractivity contribution in [3.63, 3.8) is 0 Å². The molecule has 3 aromatic rings. The van der Waals surface area contributed by atoms with Crippen molar-refractivity contribution in [3.8, 4) is 11.5 Å². The Hall–Kier alpha value is -3.48. The number of H-pyrrole nitrogens is 1. The number of anilines is 1. The van der Waals surface area contributed by atoms with Crippen molar-refractivity contribution in [2.45, 2.75) is 18.9 Å². The van der Waals surface area contributed by atoms with Crippen LogP contribution in [0.4, 0.5) is 5.69 Å². The van der Waals surface area contributed by atoms with Crippen molar-refractivity contribution >= 4 is 22.5 Å². The lowest BCUT2D eigenvalue weighted by atomic mass is 10.0. The van der Waals surface area contributed by atoms with E-state index in [2.05, 4.69) is 22.0 Å². The van der Waals surface area contributed by atoms with Crippen LogP contribution >= 0.6 is 0 Å². The molecule has 0 bridgehead atoms. The van der Waals surface area contributed by atoms with E-state index in [4.69, 9.17) is 9.47 Å². The summed E-state index contributed by atoms with van der Waals surface area (Å²) < 4.78 is 10.6. The van der Waals surface area contributed by atoms with E-state index in [1.165, 1.54) is 20.4 Å². The maximum atomic E-state index is 13.3. The maximum absolute atomic E-state index is 13.3. The SMILES string of the molecule is COc1cc2[nH]cc(C(=O)N(C)[C@H]3CCCN(c4ccccc4)C3)c(=O)c2cc1OC. The molecule has 1 aliphatic rings. The minimum atomic E-state index is -0.317. The van der Waals surface area contributed by atoms with Crippen LogP contribution in [0.1, 0.15) is 23.2 Å². The number of carbonyl (C=O) groups excluding carboxylic acids is 1. The Morgan fingerprint density at radius 1 is 1.13 bits per heavy atom. The van der Waals surface area contributed by atoms with Crippen molar-refractivity contribution in [1.82, 2.24) is 9.88 Å². The minimum Gasteiger partial charge on any atom is -0.493 e. The standard InChI is InChI=1S/C24H27N3O4/c1-26(17-10-7-11-27(15-17)16-8-5-4-6-9-16)24(29)19-14-25-20-13-22(31-3)21(30-2)12-18(20)23(19)28/h4-6,8-9,12-14,17H,7,10-11,15H2,1-3H3,(H,25,28)/t17-/m0/s1.